The Morgan fingerprint density at radius 2 is 2.35 bits per heavy atom. The molecule has 0 saturated heterocycles. The Morgan fingerprint density at radius 3 is 3.00 bits per heavy atom. The lowest BCUT2D eigenvalue weighted by atomic mass is 10.2. The maximum atomic E-state index is 11.6. The molecule has 0 bridgehead atoms. The van der Waals surface area contributed by atoms with E-state index in [2.05, 4.69) is 10.2 Å². The minimum atomic E-state index is -0.481. The van der Waals surface area contributed by atoms with Gasteiger partial charge in [0.15, 0.2) is 5.15 Å². The molecule has 0 fully saturated rings. The van der Waals surface area contributed by atoms with Crippen LogP contribution in [0.2, 0.25) is 5.15 Å². The van der Waals surface area contributed by atoms with E-state index in [9.17, 15) is 4.79 Å². The van der Waals surface area contributed by atoms with E-state index in [4.69, 9.17) is 16.3 Å². The quantitative estimate of drug-likeness (QED) is 0.803. The fraction of sp³-hybridized carbons (Fsp3) is 0.182. The average Bonchev–Trinajstić information content (AvgIpc) is 2.83. The number of rotatable bonds is 3. The van der Waals surface area contributed by atoms with Gasteiger partial charge in [0.05, 0.1) is 11.5 Å². The van der Waals surface area contributed by atoms with Gasteiger partial charge < -0.3 is 4.74 Å². The van der Waals surface area contributed by atoms with Crippen molar-refractivity contribution in [2.45, 2.75) is 6.92 Å². The number of esters is 1. The van der Waals surface area contributed by atoms with Gasteiger partial charge in [0.2, 0.25) is 0 Å². The highest BCUT2D eigenvalue weighted by Crippen LogP contribution is 2.25. The second-order valence-electron chi connectivity index (χ2n) is 3.13. The summed E-state index contributed by atoms with van der Waals surface area (Å²) < 4.78 is 4.89. The topological polar surface area (TPSA) is 52.1 Å². The van der Waals surface area contributed by atoms with Gasteiger partial charge in [-0.15, -0.1) is 21.5 Å². The van der Waals surface area contributed by atoms with Gasteiger partial charge in [0.1, 0.15) is 11.3 Å². The Labute approximate surface area is 107 Å². The summed E-state index contributed by atoms with van der Waals surface area (Å²) in [6, 6.07) is 5.40. The zero-order chi connectivity index (χ0) is 12.3. The van der Waals surface area contributed by atoms with E-state index in [0.717, 1.165) is 4.88 Å². The second-order valence-corrected chi connectivity index (χ2v) is 4.44. The third-order valence-corrected chi connectivity index (χ3v) is 3.19. The Morgan fingerprint density at radius 1 is 1.53 bits per heavy atom. The summed E-state index contributed by atoms with van der Waals surface area (Å²) in [7, 11) is 0. The second kappa shape index (κ2) is 5.25. The smallest absolute Gasteiger partial charge is 0.341 e. The van der Waals surface area contributed by atoms with Crippen molar-refractivity contribution in [2.24, 2.45) is 0 Å². The lowest BCUT2D eigenvalue weighted by Gasteiger charge is -2.04. The summed E-state index contributed by atoms with van der Waals surface area (Å²) in [6.45, 7) is 2.03. The van der Waals surface area contributed by atoms with Crippen LogP contribution >= 0.6 is 22.9 Å². The molecule has 2 aromatic rings. The first kappa shape index (κ1) is 12.0. The standard InChI is InChI=1S/C11H9ClN2O2S/c1-2-16-11(15)7-6-8(13-14-10(7)12)9-4-3-5-17-9/h3-6H,2H2,1H3. The molecule has 0 aliphatic rings. The fourth-order valence-corrected chi connectivity index (χ4v) is 2.12. The highest BCUT2D eigenvalue weighted by Gasteiger charge is 2.15. The molecule has 0 aromatic carbocycles. The van der Waals surface area contributed by atoms with Crippen LogP contribution in [0.5, 0.6) is 0 Å². The molecule has 2 aromatic heterocycles. The predicted molar refractivity (Wildman–Crippen MR) is 66.3 cm³/mol. The van der Waals surface area contributed by atoms with E-state index in [-0.39, 0.29) is 10.7 Å². The lowest BCUT2D eigenvalue weighted by Crippen LogP contribution is -2.07. The first-order valence-corrected chi connectivity index (χ1v) is 6.22. The Hall–Kier alpha value is -1.46. The monoisotopic (exact) mass is 268 g/mol. The Bertz CT molecular complexity index is 528. The number of nitrogens with zero attached hydrogens (tertiary/aromatic N) is 2. The van der Waals surface area contributed by atoms with Crippen LogP contribution in [0, 0.1) is 0 Å². The normalized spacial score (nSPS) is 10.2. The highest BCUT2D eigenvalue weighted by atomic mass is 35.5. The molecule has 0 spiro atoms. The van der Waals surface area contributed by atoms with Crippen molar-refractivity contribution < 1.29 is 9.53 Å². The summed E-state index contributed by atoms with van der Waals surface area (Å²) in [4.78, 5) is 12.5. The lowest BCUT2D eigenvalue weighted by molar-refractivity contribution is 0.0526. The van der Waals surface area contributed by atoms with Crippen LogP contribution in [0.1, 0.15) is 17.3 Å². The van der Waals surface area contributed by atoms with Crippen LogP contribution in [-0.4, -0.2) is 22.8 Å². The summed E-state index contributed by atoms with van der Waals surface area (Å²) in [5, 5.41) is 9.69. The van der Waals surface area contributed by atoms with Gasteiger partial charge in [-0.1, -0.05) is 17.7 Å². The van der Waals surface area contributed by atoms with E-state index in [1.807, 2.05) is 17.5 Å². The molecule has 2 rings (SSSR count). The van der Waals surface area contributed by atoms with Crippen molar-refractivity contribution in [1.82, 2.24) is 10.2 Å². The fourth-order valence-electron chi connectivity index (χ4n) is 1.27. The van der Waals surface area contributed by atoms with Crippen molar-refractivity contribution in [3.8, 4) is 10.6 Å². The van der Waals surface area contributed by atoms with Crippen LogP contribution in [0.4, 0.5) is 0 Å². The Balaban J connectivity index is 2.39. The average molecular weight is 269 g/mol. The van der Waals surface area contributed by atoms with Crippen molar-refractivity contribution in [1.29, 1.82) is 0 Å². The van der Waals surface area contributed by atoms with Crippen LogP contribution in [-0.2, 0) is 4.74 Å². The highest BCUT2D eigenvalue weighted by molar-refractivity contribution is 7.13. The van der Waals surface area contributed by atoms with E-state index in [1.54, 1.807) is 13.0 Å². The van der Waals surface area contributed by atoms with Crippen molar-refractivity contribution in [2.75, 3.05) is 6.61 Å². The van der Waals surface area contributed by atoms with Gasteiger partial charge in [-0.25, -0.2) is 4.79 Å². The molecule has 2 heterocycles. The molecule has 88 valence electrons. The van der Waals surface area contributed by atoms with Gasteiger partial charge >= 0.3 is 5.97 Å². The van der Waals surface area contributed by atoms with Gasteiger partial charge in [-0.2, -0.15) is 0 Å². The number of hydrogen-bond acceptors (Lipinski definition) is 5. The minimum absolute atomic E-state index is 0.0590. The van der Waals surface area contributed by atoms with Crippen LogP contribution < -0.4 is 0 Å². The largest absolute Gasteiger partial charge is 0.462 e. The third kappa shape index (κ3) is 2.62. The first-order valence-electron chi connectivity index (χ1n) is 4.96. The molecule has 0 unspecified atom stereocenters. The molecule has 6 heteroatoms. The summed E-state index contributed by atoms with van der Waals surface area (Å²) >= 11 is 7.34. The maximum Gasteiger partial charge on any atom is 0.341 e. The number of carbonyl (C=O) groups is 1. The minimum Gasteiger partial charge on any atom is -0.462 e. The van der Waals surface area contributed by atoms with Crippen LogP contribution in [0.3, 0.4) is 0 Å². The molecule has 0 radical (unpaired) electrons. The van der Waals surface area contributed by atoms with Crippen molar-refractivity contribution >= 4 is 28.9 Å². The third-order valence-electron chi connectivity index (χ3n) is 2.02. The van der Waals surface area contributed by atoms with Crippen LogP contribution in [0.25, 0.3) is 10.6 Å². The summed E-state index contributed by atoms with van der Waals surface area (Å²) in [6.07, 6.45) is 0. The maximum absolute atomic E-state index is 11.6. The van der Waals surface area contributed by atoms with Crippen molar-refractivity contribution in [3.63, 3.8) is 0 Å². The van der Waals surface area contributed by atoms with Gasteiger partial charge in [0.25, 0.3) is 0 Å². The number of carbonyl (C=O) groups excluding carboxylic acids is 1. The number of ether oxygens (including phenoxy) is 1. The summed E-state index contributed by atoms with van der Waals surface area (Å²) in [5.41, 5.74) is 0.861. The molecule has 0 N–H and O–H groups in total. The zero-order valence-electron chi connectivity index (χ0n) is 9.01. The van der Waals surface area contributed by atoms with Gasteiger partial charge in [0, 0.05) is 0 Å². The molecular weight excluding hydrogens is 260 g/mol. The van der Waals surface area contributed by atoms with Gasteiger partial charge in [-0.3, -0.25) is 0 Å². The SMILES string of the molecule is CCOC(=O)c1cc(-c2cccs2)nnc1Cl. The number of thiophene rings is 1. The number of aromatic nitrogens is 2. The molecule has 0 aliphatic heterocycles. The number of hydrogen-bond donors (Lipinski definition) is 0. The first-order chi connectivity index (χ1) is 8.22. The van der Waals surface area contributed by atoms with Crippen molar-refractivity contribution in [3.05, 3.63) is 34.3 Å². The van der Waals surface area contributed by atoms with E-state index in [0.29, 0.717) is 12.3 Å². The molecule has 0 atom stereocenters. The number of halogens is 1. The summed E-state index contributed by atoms with van der Waals surface area (Å²) in [5.74, 6) is -0.481. The van der Waals surface area contributed by atoms with E-state index in [1.165, 1.54) is 11.3 Å². The van der Waals surface area contributed by atoms with E-state index >= 15 is 0 Å². The van der Waals surface area contributed by atoms with E-state index < -0.39 is 5.97 Å². The molecule has 0 aliphatic carbocycles. The van der Waals surface area contributed by atoms with Gasteiger partial charge in [-0.05, 0) is 24.4 Å². The predicted octanol–water partition coefficient (Wildman–Crippen LogP) is 3.04. The molecule has 4 nitrogen and oxygen atoms in total. The molecule has 17 heavy (non-hydrogen) atoms. The molecular formula is C11H9ClN2O2S. The molecule has 0 saturated carbocycles. The molecule has 0 amide bonds. The van der Waals surface area contributed by atoms with Crippen LogP contribution in [0.15, 0.2) is 23.6 Å². The zero-order valence-corrected chi connectivity index (χ0v) is 10.6. The Kier molecular flexibility index (Phi) is 3.71.